The number of benzene rings is 2. The second-order valence-corrected chi connectivity index (χ2v) is 5.92. The molecule has 0 aliphatic carbocycles. The van der Waals surface area contributed by atoms with Crippen LogP contribution in [0.25, 0.3) is 11.0 Å². The summed E-state index contributed by atoms with van der Waals surface area (Å²) in [6, 6.07) is 6.16. The normalized spacial score (nSPS) is 11.0. The Morgan fingerprint density at radius 1 is 1.32 bits per heavy atom. The molecular weight excluding hydrogens is 353 g/mol. The van der Waals surface area contributed by atoms with E-state index in [1.54, 1.807) is 6.92 Å². The van der Waals surface area contributed by atoms with Crippen LogP contribution in [0.4, 0.5) is 10.1 Å². The first-order valence-corrected chi connectivity index (χ1v) is 7.53. The van der Waals surface area contributed by atoms with Crippen molar-refractivity contribution in [2.24, 2.45) is 0 Å². The van der Waals surface area contributed by atoms with Crippen LogP contribution >= 0.6 is 11.6 Å². The molecule has 1 aromatic heterocycles. The van der Waals surface area contributed by atoms with Crippen LogP contribution in [-0.2, 0) is 6.42 Å². The van der Waals surface area contributed by atoms with Gasteiger partial charge in [-0.3, -0.25) is 10.1 Å². The maximum atomic E-state index is 13.4. The minimum absolute atomic E-state index is 0.0315. The quantitative estimate of drug-likeness (QED) is 0.429. The summed E-state index contributed by atoms with van der Waals surface area (Å²) >= 11 is 5.90. The van der Waals surface area contributed by atoms with Gasteiger partial charge in [0.05, 0.1) is 9.95 Å². The SMILES string of the molecule is Cc1c(Cc2ccc(F)c([N+](=O)[O-])c2)c(=O)oc2cc(O)c(Cl)cc12. The molecule has 25 heavy (non-hydrogen) atoms. The van der Waals surface area contributed by atoms with Gasteiger partial charge in [-0.2, -0.15) is 4.39 Å². The van der Waals surface area contributed by atoms with Crippen molar-refractivity contribution in [3.05, 3.63) is 78.4 Å². The van der Waals surface area contributed by atoms with Gasteiger partial charge in [-0.15, -0.1) is 0 Å². The average Bonchev–Trinajstić information content (AvgIpc) is 2.55. The van der Waals surface area contributed by atoms with Crippen molar-refractivity contribution in [3.63, 3.8) is 0 Å². The molecule has 0 aliphatic rings. The van der Waals surface area contributed by atoms with Crippen LogP contribution in [-0.4, -0.2) is 10.0 Å². The van der Waals surface area contributed by atoms with Crippen molar-refractivity contribution in [2.45, 2.75) is 13.3 Å². The van der Waals surface area contributed by atoms with Gasteiger partial charge >= 0.3 is 11.3 Å². The minimum Gasteiger partial charge on any atom is -0.506 e. The predicted molar refractivity (Wildman–Crippen MR) is 89.8 cm³/mol. The highest BCUT2D eigenvalue weighted by Gasteiger charge is 2.18. The highest BCUT2D eigenvalue weighted by Crippen LogP contribution is 2.31. The molecule has 0 atom stereocenters. The van der Waals surface area contributed by atoms with Crippen LogP contribution in [0, 0.1) is 22.9 Å². The highest BCUT2D eigenvalue weighted by molar-refractivity contribution is 6.32. The largest absolute Gasteiger partial charge is 0.506 e. The van der Waals surface area contributed by atoms with Gasteiger partial charge in [0.2, 0.25) is 5.82 Å². The van der Waals surface area contributed by atoms with Crippen LogP contribution in [0.1, 0.15) is 16.7 Å². The summed E-state index contributed by atoms with van der Waals surface area (Å²) in [5.74, 6) is -1.16. The number of aromatic hydroxyl groups is 1. The average molecular weight is 364 g/mol. The third-order valence-corrected chi connectivity index (χ3v) is 4.25. The standard InChI is InChI=1S/C17H11ClFNO5/c1-8-10-6-12(18)15(21)7-16(10)25-17(22)11(8)4-9-2-3-13(19)14(5-9)20(23)24/h2-3,5-7,21H,4H2,1H3. The summed E-state index contributed by atoms with van der Waals surface area (Å²) in [6.07, 6.45) is 0.0315. The Morgan fingerprint density at radius 2 is 2.04 bits per heavy atom. The zero-order chi connectivity index (χ0) is 18.3. The topological polar surface area (TPSA) is 93.6 Å². The van der Waals surface area contributed by atoms with Crippen LogP contribution in [0.15, 0.2) is 39.5 Å². The number of halogens is 2. The zero-order valence-electron chi connectivity index (χ0n) is 12.9. The Morgan fingerprint density at radius 3 is 2.72 bits per heavy atom. The second kappa shape index (κ2) is 6.18. The fourth-order valence-corrected chi connectivity index (χ4v) is 2.78. The van der Waals surface area contributed by atoms with Crippen molar-refractivity contribution < 1.29 is 18.8 Å². The van der Waals surface area contributed by atoms with Gasteiger partial charge in [0.25, 0.3) is 0 Å². The second-order valence-electron chi connectivity index (χ2n) is 5.51. The van der Waals surface area contributed by atoms with E-state index >= 15 is 0 Å². The molecule has 0 fully saturated rings. The molecule has 0 unspecified atom stereocenters. The summed E-state index contributed by atoms with van der Waals surface area (Å²) in [5.41, 5.74) is 0.119. The lowest BCUT2D eigenvalue weighted by Crippen LogP contribution is -2.11. The molecule has 2 aromatic carbocycles. The molecule has 8 heteroatoms. The van der Waals surface area contributed by atoms with E-state index in [0.29, 0.717) is 16.5 Å². The van der Waals surface area contributed by atoms with E-state index in [0.717, 1.165) is 12.1 Å². The van der Waals surface area contributed by atoms with E-state index in [9.17, 15) is 24.4 Å². The predicted octanol–water partition coefficient (Wildman–Crippen LogP) is 4.10. The van der Waals surface area contributed by atoms with Gasteiger partial charge in [0, 0.05) is 29.5 Å². The van der Waals surface area contributed by atoms with Gasteiger partial charge in [-0.05, 0) is 30.2 Å². The molecule has 3 rings (SSSR count). The Balaban J connectivity index is 2.14. The first kappa shape index (κ1) is 16.9. The van der Waals surface area contributed by atoms with Crippen molar-refractivity contribution in [3.8, 4) is 5.75 Å². The van der Waals surface area contributed by atoms with E-state index < -0.39 is 22.1 Å². The highest BCUT2D eigenvalue weighted by atomic mass is 35.5. The molecule has 3 aromatic rings. The van der Waals surface area contributed by atoms with E-state index in [2.05, 4.69) is 0 Å². The van der Waals surface area contributed by atoms with E-state index in [1.165, 1.54) is 18.2 Å². The number of aryl methyl sites for hydroxylation is 1. The Bertz CT molecular complexity index is 1080. The molecule has 0 saturated heterocycles. The lowest BCUT2D eigenvalue weighted by molar-refractivity contribution is -0.387. The molecule has 0 spiro atoms. The molecule has 0 amide bonds. The monoisotopic (exact) mass is 363 g/mol. The van der Waals surface area contributed by atoms with Gasteiger partial charge in [0.1, 0.15) is 11.3 Å². The van der Waals surface area contributed by atoms with Crippen LogP contribution in [0.5, 0.6) is 5.75 Å². The molecular formula is C17H11ClFNO5. The van der Waals surface area contributed by atoms with Gasteiger partial charge in [-0.1, -0.05) is 17.7 Å². The number of rotatable bonds is 3. The first-order chi connectivity index (χ1) is 11.8. The lowest BCUT2D eigenvalue weighted by Gasteiger charge is -2.09. The van der Waals surface area contributed by atoms with Crippen molar-refractivity contribution >= 4 is 28.3 Å². The van der Waals surface area contributed by atoms with E-state index in [4.69, 9.17) is 16.0 Å². The van der Waals surface area contributed by atoms with Crippen LogP contribution < -0.4 is 5.63 Å². The number of nitrogens with zero attached hydrogens (tertiary/aromatic N) is 1. The molecule has 1 N–H and O–H groups in total. The van der Waals surface area contributed by atoms with Gasteiger partial charge in [0.15, 0.2) is 0 Å². The number of nitro groups is 1. The summed E-state index contributed by atoms with van der Waals surface area (Å²) in [5, 5.41) is 21.1. The number of phenols is 1. The third kappa shape index (κ3) is 3.06. The maximum Gasteiger partial charge on any atom is 0.340 e. The van der Waals surface area contributed by atoms with Crippen molar-refractivity contribution in [1.82, 2.24) is 0 Å². The van der Waals surface area contributed by atoms with Crippen LogP contribution in [0.2, 0.25) is 5.02 Å². The summed E-state index contributed by atoms with van der Waals surface area (Å²) in [6.45, 7) is 1.68. The van der Waals surface area contributed by atoms with E-state index in [-0.39, 0.29) is 28.3 Å². The summed E-state index contributed by atoms with van der Waals surface area (Å²) in [4.78, 5) is 22.3. The van der Waals surface area contributed by atoms with E-state index in [1.807, 2.05) is 0 Å². The van der Waals surface area contributed by atoms with Gasteiger partial charge in [-0.25, -0.2) is 4.79 Å². The Kier molecular flexibility index (Phi) is 4.18. The number of nitro benzene ring substituents is 1. The lowest BCUT2D eigenvalue weighted by atomic mass is 9.99. The first-order valence-electron chi connectivity index (χ1n) is 7.15. The number of hydrogen-bond donors (Lipinski definition) is 1. The molecule has 0 bridgehead atoms. The van der Waals surface area contributed by atoms with Gasteiger partial charge < -0.3 is 9.52 Å². The Labute approximate surface area is 145 Å². The summed E-state index contributed by atoms with van der Waals surface area (Å²) < 4.78 is 18.6. The Hall–Kier alpha value is -2.93. The molecule has 0 radical (unpaired) electrons. The summed E-state index contributed by atoms with van der Waals surface area (Å²) in [7, 11) is 0. The number of phenolic OH excluding ortho intramolecular Hbond substituents is 1. The van der Waals surface area contributed by atoms with Crippen molar-refractivity contribution in [1.29, 1.82) is 0 Å². The fraction of sp³-hybridized carbons (Fsp3) is 0.118. The van der Waals surface area contributed by atoms with Crippen molar-refractivity contribution in [2.75, 3.05) is 0 Å². The number of fused-ring (bicyclic) bond motifs is 1. The smallest absolute Gasteiger partial charge is 0.340 e. The minimum atomic E-state index is -0.946. The molecule has 1 heterocycles. The molecule has 0 saturated carbocycles. The molecule has 128 valence electrons. The van der Waals surface area contributed by atoms with Crippen LogP contribution in [0.3, 0.4) is 0 Å². The zero-order valence-corrected chi connectivity index (χ0v) is 13.6. The molecule has 6 nitrogen and oxygen atoms in total. The number of hydrogen-bond acceptors (Lipinski definition) is 5. The fourth-order valence-electron chi connectivity index (χ4n) is 2.61. The third-order valence-electron chi connectivity index (χ3n) is 3.94. The maximum absolute atomic E-state index is 13.4. The molecule has 0 aliphatic heterocycles.